The molecule has 3 aromatic carbocycles. The number of amides is 2. The molecule has 0 saturated heterocycles. The number of aryl methyl sites for hydroxylation is 3. The van der Waals surface area contributed by atoms with Gasteiger partial charge in [-0.15, -0.1) is 0 Å². The number of imide groups is 1. The number of unbranched alkanes of at least 4 members (excludes halogenated alkanes) is 2. The van der Waals surface area contributed by atoms with Gasteiger partial charge in [-0.2, -0.15) is 13.5 Å². The average molecular weight is 863 g/mol. The zero-order chi connectivity index (χ0) is 41.6. The Hall–Kier alpha value is -4.76. The standard InChI is InChI=1S/C21H23ClFNO5.C19H16Cl2N2O4S/c1-2-3-6-9-28-19(25)12-29-18-11-17(16(23)10-15(18)22)24-20(26)13-7-4-5-8-14(13)21(24)27;1-11-4-7-14(8-5-11)28(25,26)27-19-17(12(2)22-23(19)3)18(24)15-9-6-13(20)10-16(15)21/h10-11H,2-9,12H2,1H3;4-10H,1-3H3. The van der Waals surface area contributed by atoms with Gasteiger partial charge in [-0.05, 0) is 82.3 Å². The molecule has 1 aromatic heterocycles. The summed E-state index contributed by atoms with van der Waals surface area (Å²) in [7, 11) is -2.67. The first-order valence-electron chi connectivity index (χ1n) is 18.0. The van der Waals surface area contributed by atoms with Crippen LogP contribution in [0.25, 0.3) is 0 Å². The number of anilines is 1. The number of hydrogen-bond acceptors (Lipinski definition) is 10. The molecule has 0 radical (unpaired) electrons. The third-order valence-corrected chi connectivity index (χ3v) is 11.1. The fraction of sp³-hybridized carbons (Fsp3) is 0.325. The monoisotopic (exact) mass is 861 g/mol. The van der Waals surface area contributed by atoms with Crippen LogP contribution >= 0.6 is 34.8 Å². The van der Waals surface area contributed by atoms with Crippen molar-refractivity contribution in [3.8, 4) is 11.6 Å². The maximum Gasteiger partial charge on any atom is 0.344 e. The van der Waals surface area contributed by atoms with Gasteiger partial charge in [-0.1, -0.05) is 72.3 Å². The Morgan fingerprint density at radius 3 is 2.16 bits per heavy atom. The van der Waals surface area contributed by atoms with E-state index in [9.17, 15) is 32.0 Å². The highest BCUT2D eigenvalue weighted by Gasteiger charge is 2.41. The Morgan fingerprint density at radius 2 is 1.54 bits per heavy atom. The van der Waals surface area contributed by atoms with Crippen LogP contribution in [-0.2, 0) is 36.3 Å². The van der Waals surface area contributed by atoms with Crippen LogP contribution in [0, 0.1) is 19.7 Å². The van der Waals surface area contributed by atoms with Gasteiger partial charge in [0.05, 0.1) is 28.0 Å². The molecule has 0 atom stereocenters. The van der Waals surface area contributed by atoms with Crippen LogP contribution in [0.2, 0.25) is 15.1 Å². The van der Waals surface area contributed by atoms with E-state index in [0.717, 1.165) is 48.6 Å². The number of carbonyl (C=O) groups is 4. The Bertz CT molecular complexity index is 2340. The van der Waals surface area contributed by atoms with Gasteiger partial charge < -0.3 is 13.7 Å². The molecular formula is C40H39Cl3FN3O9S. The van der Waals surface area contributed by atoms with Crippen molar-refractivity contribution >= 4 is 74.2 Å². The van der Waals surface area contributed by atoms with Crippen LogP contribution in [-0.4, -0.2) is 55.0 Å². The summed E-state index contributed by atoms with van der Waals surface area (Å²) in [4.78, 5) is 51.0. The fourth-order valence-electron chi connectivity index (χ4n) is 6.13. The van der Waals surface area contributed by atoms with Crippen LogP contribution in [0.5, 0.6) is 11.6 Å². The lowest BCUT2D eigenvalue weighted by atomic mass is 9.93. The Balaban J connectivity index is 0.000000218. The normalized spacial score (nSPS) is 13.9. The zero-order valence-electron chi connectivity index (χ0n) is 31.5. The molecule has 0 saturated carbocycles. The first kappa shape index (κ1) is 43.4. The molecule has 302 valence electrons. The molecule has 0 N–H and O–H groups in total. The van der Waals surface area contributed by atoms with E-state index in [-0.39, 0.29) is 43.4 Å². The number of halogens is 4. The molecule has 2 aliphatic rings. The number of nitrogens with zero attached hydrogens (tertiary/aromatic N) is 3. The van der Waals surface area contributed by atoms with Crippen LogP contribution in [0.4, 0.5) is 10.1 Å². The van der Waals surface area contributed by atoms with Crippen molar-refractivity contribution < 1.29 is 45.6 Å². The smallest absolute Gasteiger partial charge is 0.344 e. The van der Waals surface area contributed by atoms with Crippen LogP contribution in [0.15, 0.2) is 70.6 Å². The molecule has 12 nitrogen and oxygen atoms in total. The Labute approximate surface area is 344 Å². The number of benzene rings is 3. The minimum atomic E-state index is -4.16. The number of hydrogen-bond donors (Lipinski definition) is 0. The summed E-state index contributed by atoms with van der Waals surface area (Å²) in [5.41, 5.74) is 2.07. The van der Waals surface area contributed by atoms with Gasteiger partial charge in [0.25, 0.3) is 11.8 Å². The predicted octanol–water partition coefficient (Wildman–Crippen LogP) is 8.68. The molecule has 6 rings (SSSR count). The van der Waals surface area contributed by atoms with E-state index in [1.165, 1.54) is 48.1 Å². The topological polar surface area (TPSA) is 151 Å². The summed E-state index contributed by atoms with van der Waals surface area (Å²) in [6.07, 6.45) is 5.40. The molecule has 2 heterocycles. The second-order valence-corrected chi connectivity index (χ2v) is 16.1. The molecule has 2 amide bonds. The second-order valence-electron chi connectivity index (χ2n) is 13.3. The molecule has 1 aliphatic carbocycles. The summed E-state index contributed by atoms with van der Waals surface area (Å²) < 4.78 is 56.8. The van der Waals surface area contributed by atoms with Gasteiger partial charge in [0.2, 0.25) is 11.7 Å². The van der Waals surface area contributed by atoms with E-state index < -0.39 is 46.1 Å². The first-order valence-corrected chi connectivity index (χ1v) is 20.5. The second kappa shape index (κ2) is 18.7. The van der Waals surface area contributed by atoms with Crippen molar-refractivity contribution in [1.82, 2.24) is 9.78 Å². The molecule has 57 heavy (non-hydrogen) atoms. The van der Waals surface area contributed by atoms with E-state index in [2.05, 4.69) is 5.10 Å². The summed E-state index contributed by atoms with van der Waals surface area (Å²) in [5, 5.41) is 4.59. The summed E-state index contributed by atoms with van der Waals surface area (Å²) in [6.45, 7) is 5.36. The number of ether oxygens (including phenoxy) is 2. The van der Waals surface area contributed by atoms with Gasteiger partial charge in [0.1, 0.15) is 22.0 Å². The Kier molecular flexibility index (Phi) is 14.2. The van der Waals surface area contributed by atoms with Gasteiger partial charge in [-0.25, -0.2) is 18.8 Å². The number of ketones is 1. The van der Waals surface area contributed by atoms with Crippen molar-refractivity contribution in [2.24, 2.45) is 7.05 Å². The predicted molar refractivity (Wildman–Crippen MR) is 212 cm³/mol. The largest absolute Gasteiger partial charge is 0.480 e. The minimum Gasteiger partial charge on any atom is -0.480 e. The highest BCUT2D eigenvalue weighted by atomic mass is 35.5. The van der Waals surface area contributed by atoms with Gasteiger partial charge >= 0.3 is 16.1 Å². The van der Waals surface area contributed by atoms with Crippen LogP contribution in [0.1, 0.15) is 79.0 Å². The van der Waals surface area contributed by atoms with Crippen LogP contribution in [0.3, 0.4) is 0 Å². The molecule has 0 bridgehead atoms. The van der Waals surface area contributed by atoms with Crippen LogP contribution < -0.4 is 13.8 Å². The van der Waals surface area contributed by atoms with Gasteiger partial charge in [-0.3, -0.25) is 14.4 Å². The van der Waals surface area contributed by atoms with Gasteiger partial charge in [0.15, 0.2) is 6.61 Å². The van der Waals surface area contributed by atoms with Crippen molar-refractivity contribution in [3.05, 3.63) is 109 Å². The van der Waals surface area contributed by atoms with E-state index in [1.807, 2.05) is 13.8 Å². The van der Waals surface area contributed by atoms with Crippen molar-refractivity contribution in [3.63, 3.8) is 0 Å². The molecular weight excluding hydrogens is 824 g/mol. The third kappa shape index (κ3) is 10.0. The van der Waals surface area contributed by atoms with Crippen molar-refractivity contribution in [2.75, 3.05) is 18.1 Å². The molecule has 4 aromatic rings. The van der Waals surface area contributed by atoms with Crippen molar-refractivity contribution in [2.45, 2.75) is 70.6 Å². The van der Waals surface area contributed by atoms with Gasteiger partial charge in [0, 0.05) is 34.8 Å². The highest BCUT2D eigenvalue weighted by molar-refractivity contribution is 7.87. The van der Waals surface area contributed by atoms with E-state index in [0.29, 0.717) is 41.3 Å². The van der Waals surface area contributed by atoms with E-state index in [4.69, 9.17) is 48.5 Å². The number of esters is 1. The number of aromatic nitrogens is 2. The molecule has 17 heteroatoms. The lowest BCUT2D eigenvalue weighted by molar-refractivity contribution is -0.146. The lowest BCUT2D eigenvalue weighted by Gasteiger charge is -2.18. The SMILES string of the molecule is CCCCCOC(=O)COc1cc(N2C(=O)C3=C(CCCC3)C2=O)c(F)cc1Cl.Cc1ccc(S(=O)(=O)Oc2c(C(=O)c3ccc(Cl)cc3Cl)c(C)nn2C)cc1. The number of carbonyl (C=O) groups excluding carboxylic acids is 4. The molecule has 1 aliphatic heterocycles. The van der Waals surface area contributed by atoms with E-state index in [1.54, 1.807) is 19.1 Å². The number of rotatable bonds is 13. The maximum atomic E-state index is 14.5. The zero-order valence-corrected chi connectivity index (χ0v) is 34.6. The molecule has 0 unspecified atom stereocenters. The quantitative estimate of drug-likeness (QED) is 0.0420. The molecule has 0 spiro atoms. The molecule has 0 fully saturated rings. The maximum absolute atomic E-state index is 14.5. The minimum absolute atomic E-state index is 0.000883. The average Bonchev–Trinajstić information content (AvgIpc) is 3.58. The highest BCUT2D eigenvalue weighted by Crippen LogP contribution is 2.40. The summed E-state index contributed by atoms with van der Waals surface area (Å²) in [6, 6.07) is 12.8. The van der Waals surface area contributed by atoms with E-state index >= 15 is 0 Å². The summed E-state index contributed by atoms with van der Waals surface area (Å²) >= 11 is 18.0. The Morgan fingerprint density at radius 1 is 0.895 bits per heavy atom. The fourth-order valence-corrected chi connectivity index (χ4v) is 7.80. The summed E-state index contributed by atoms with van der Waals surface area (Å²) in [5.74, 6) is -3.10. The van der Waals surface area contributed by atoms with Crippen molar-refractivity contribution in [1.29, 1.82) is 0 Å². The lowest BCUT2D eigenvalue weighted by Crippen LogP contribution is -2.32. The third-order valence-electron chi connectivity index (χ3n) is 9.06. The first-order chi connectivity index (χ1) is 27.0.